The van der Waals surface area contributed by atoms with Crippen LogP contribution in [0.1, 0.15) is 25.8 Å². The van der Waals surface area contributed by atoms with Gasteiger partial charge < -0.3 is 4.74 Å². The van der Waals surface area contributed by atoms with E-state index in [1.54, 1.807) is 19.1 Å². The molecule has 1 aromatic carbocycles. The number of rotatable bonds is 3. The van der Waals surface area contributed by atoms with Gasteiger partial charge in [-0.1, -0.05) is 19.1 Å². The van der Waals surface area contributed by atoms with Crippen LogP contribution in [0.2, 0.25) is 0 Å². The Balaban J connectivity index is 2.12. The van der Waals surface area contributed by atoms with Crippen molar-refractivity contribution in [1.29, 1.82) is 0 Å². The molecule has 0 bridgehead atoms. The molecule has 1 fully saturated rings. The maximum Gasteiger partial charge on any atom is 0.309 e. The summed E-state index contributed by atoms with van der Waals surface area (Å²) < 4.78 is 17.8. The Hall–Kier alpha value is -1.38. The first-order valence-corrected chi connectivity index (χ1v) is 5.50. The monoisotopic (exact) mass is 222 g/mol. The van der Waals surface area contributed by atoms with Gasteiger partial charge >= 0.3 is 5.97 Å². The van der Waals surface area contributed by atoms with Crippen LogP contribution in [0.25, 0.3) is 0 Å². The smallest absolute Gasteiger partial charge is 0.309 e. The lowest BCUT2D eigenvalue weighted by molar-refractivity contribution is -0.145. The van der Waals surface area contributed by atoms with E-state index in [2.05, 4.69) is 0 Å². The molecule has 1 saturated carbocycles. The van der Waals surface area contributed by atoms with E-state index in [4.69, 9.17) is 4.74 Å². The second-order valence-electron chi connectivity index (χ2n) is 4.43. The Morgan fingerprint density at radius 1 is 1.50 bits per heavy atom. The molecule has 1 aliphatic carbocycles. The van der Waals surface area contributed by atoms with Gasteiger partial charge in [0, 0.05) is 5.41 Å². The minimum absolute atomic E-state index is 0.0714. The van der Waals surface area contributed by atoms with Crippen LogP contribution in [-0.4, -0.2) is 12.6 Å². The first kappa shape index (κ1) is 11.1. The summed E-state index contributed by atoms with van der Waals surface area (Å²) in [4.78, 5) is 11.6. The Morgan fingerprint density at radius 2 is 2.12 bits per heavy atom. The van der Waals surface area contributed by atoms with Crippen LogP contribution in [0.3, 0.4) is 0 Å². The second-order valence-corrected chi connectivity index (χ2v) is 4.43. The van der Waals surface area contributed by atoms with Crippen molar-refractivity contribution in [3.8, 4) is 0 Å². The van der Waals surface area contributed by atoms with Crippen LogP contribution in [0.5, 0.6) is 0 Å². The molecule has 0 N–H and O–H groups in total. The molecule has 2 rings (SSSR count). The van der Waals surface area contributed by atoms with Crippen LogP contribution in [0.15, 0.2) is 24.3 Å². The summed E-state index contributed by atoms with van der Waals surface area (Å²) in [5.74, 6) is -0.465. The summed E-state index contributed by atoms with van der Waals surface area (Å²) in [6, 6.07) is 6.35. The van der Waals surface area contributed by atoms with Crippen LogP contribution in [0.4, 0.5) is 4.39 Å². The number of benzene rings is 1. The highest BCUT2D eigenvalue weighted by Crippen LogP contribution is 2.54. The zero-order chi connectivity index (χ0) is 11.8. The largest absolute Gasteiger partial charge is 0.466 e. The Labute approximate surface area is 94.4 Å². The molecule has 0 amide bonds. The van der Waals surface area contributed by atoms with Gasteiger partial charge in [0.1, 0.15) is 5.82 Å². The van der Waals surface area contributed by atoms with E-state index in [9.17, 15) is 9.18 Å². The third-order valence-electron chi connectivity index (χ3n) is 3.31. The topological polar surface area (TPSA) is 26.3 Å². The van der Waals surface area contributed by atoms with Crippen molar-refractivity contribution < 1.29 is 13.9 Å². The molecule has 0 heterocycles. The van der Waals surface area contributed by atoms with Crippen LogP contribution < -0.4 is 0 Å². The first-order valence-electron chi connectivity index (χ1n) is 5.50. The zero-order valence-corrected chi connectivity index (χ0v) is 9.50. The van der Waals surface area contributed by atoms with Crippen molar-refractivity contribution in [2.45, 2.75) is 25.7 Å². The predicted molar refractivity (Wildman–Crippen MR) is 58.5 cm³/mol. The summed E-state index contributed by atoms with van der Waals surface area (Å²) in [7, 11) is 0. The number of ether oxygens (including phenoxy) is 1. The summed E-state index contributed by atoms with van der Waals surface area (Å²) in [5.41, 5.74) is 0.840. The lowest BCUT2D eigenvalue weighted by Gasteiger charge is -2.11. The Kier molecular flexibility index (Phi) is 2.70. The maximum absolute atomic E-state index is 12.8. The molecule has 2 atom stereocenters. The van der Waals surface area contributed by atoms with Crippen LogP contribution in [0, 0.1) is 11.7 Å². The molecule has 0 saturated heterocycles. The molecule has 2 nitrogen and oxygen atoms in total. The van der Waals surface area contributed by atoms with Gasteiger partial charge in [-0.05, 0) is 31.0 Å². The van der Waals surface area contributed by atoms with Crippen LogP contribution in [-0.2, 0) is 14.9 Å². The third-order valence-corrected chi connectivity index (χ3v) is 3.31. The van der Waals surface area contributed by atoms with Crippen molar-refractivity contribution in [2.75, 3.05) is 6.61 Å². The van der Waals surface area contributed by atoms with E-state index < -0.39 is 0 Å². The standard InChI is InChI=1S/C13H15FO2/c1-3-16-12(15)11-8-13(11,2)9-4-6-10(14)7-5-9/h4-7,11H,3,8H2,1-2H3/t11-,13-/m1/s1. The van der Waals surface area contributed by atoms with Crippen LogP contribution >= 0.6 is 0 Å². The van der Waals surface area contributed by atoms with E-state index in [1.807, 2.05) is 6.92 Å². The molecule has 86 valence electrons. The van der Waals surface area contributed by atoms with Gasteiger partial charge in [-0.3, -0.25) is 4.79 Å². The molecular formula is C13H15FO2. The lowest BCUT2D eigenvalue weighted by atomic mass is 9.95. The summed E-state index contributed by atoms with van der Waals surface area (Å²) in [6.45, 7) is 4.23. The molecule has 0 radical (unpaired) electrons. The van der Waals surface area contributed by atoms with Gasteiger partial charge in [0.2, 0.25) is 0 Å². The van der Waals surface area contributed by atoms with Crippen molar-refractivity contribution >= 4 is 5.97 Å². The first-order chi connectivity index (χ1) is 7.58. The maximum atomic E-state index is 12.8. The van der Waals surface area contributed by atoms with E-state index in [1.165, 1.54) is 12.1 Å². The quantitative estimate of drug-likeness (QED) is 0.735. The minimum Gasteiger partial charge on any atom is -0.466 e. The molecule has 0 spiro atoms. The number of hydrogen-bond donors (Lipinski definition) is 0. The van der Waals surface area contributed by atoms with E-state index in [0.717, 1.165) is 12.0 Å². The molecule has 0 aliphatic heterocycles. The SMILES string of the molecule is CCOC(=O)[C@H]1C[C@]1(C)c1ccc(F)cc1. The average molecular weight is 222 g/mol. The van der Waals surface area contributed by atoms with Gasteiger partial charge in [0.05, 0.1) is 12.5 Å². The number of carbonyl (C=O) groups is 1. The number of esters is 1. The van der Waals surface area contributed by atoms with Gasteiger partial charge in [-0.2, -0.15) is 0 Å². The number of halogens is 1. The van der Waals surface area contributed by atoms with Crippen molar-refractivity contribution in [1.82, 2.24) is 0 Å². The van der Waals surface area contributed by atoms with Gasteiger partial charge in [0.25, 0.3) is 0 Å². The van der Waals surface area contributed by atoms with Gasteiger partial charge in [-0.25, -0.2) is 4.39 Å². The van der Waals surface area contributed by atoms with Gasteiger partial charge in [0.15, 0.2) is 0 Å². The van der Waals surface area contributed by atoms with E-state index in [-0.39, 0.29) is 23.1 Å². The fourth-order valence-corrected chi connectivity index (χ4v) is 2.10. The van der Waals surface area contributed by atoms with Crippen molar-refractivity contribution in [3.63, 3.8) is 0 Å². The third kappa shape index (κ3) is 1.82. The van der Waals surface area contributed by atoms with E-state index >= 15 is 0 Å². The number of hydrogen-bond acceptors (Lipinski definition) is 2. The molecule has 16 heavy (non-hydrogen) atoms. The highest BCUT2D eigenvalue weighted by molar-refractivity contribution is 5.79. The summed E-state index contributed by atoms with van der Waals surface area (Å²) in [5, 5.41) is 0. The zero-order valence-electron chi connectivity index (χ0n) is 9.50. The number of carbonyl (C=O) groups excluding carboxylic acids is 1. The van der Waals surface area contributed by atoms with E-state index in [0.29, 0.717) is 6.61 Å². The molecule has 1 aliphatic rings. The molecule has 0 unspecified atom stereocenters. The Bertz CT molecular complexity index is 399. The molecule has 0 aromatic heterocycles. The predicted octanol–water partition coefficient (Wildman–Crippen LogP) is 2.67. The summed E-state index contributed by atoms with van der Waals surface area (Å²) >= 11 is 0. The van der Waals surface area contributed by atoms with Crippen molar-refractivity contribution in [2.24, 2.45) is 5.92 Å². The molecular weight excluding hydrogens is 207 g/mol. The molecule has 3 heteroatoms. The Morgan fingerprint density at radius 3 is 2.69 bits per heavy atom. The highest BCUT2D eigenvalue weighted by Gasteiger charge is 2.56. The lowest BCUT2D eigenvalue weighted by Crippen LogP contribution is -2.14. The average Bonchev–Trinajstić information content (AvgIpc) is 2.93. The van der Waals surface area contributed by atoms with Crippen molar-refractivity contribution in [3.05, 3.63) is 35.6 Å². The fourth-order valence-electron chi connectivity index (χ4n) is 2.10. The molecule has 1 aromatic rings. The van der Waals surface area contributed by atoms with Gasteiger partial charge in [-0.15, -0.1) is 0 Å². The fraction of sp³-hybridized carbons (Fsp3) is 0.462. The minimum atomic E-state index is -0.249. The highest BCUT2D eigenvalue weighted by atomic mass is 19.1. The second kappa shape index (κ2) is 3.89. The summed E-state index contributed by atoms with van der Waals surface area (Å²) in [6.07, 6.45) is 0.789. The normalized spacial score (nSPS) is 27.6.